The van der Waals surface area contributed by atoms with Gasteiger partial charge in [-0.1, -0.05) is 11.6 Å². The second kappa shape index (κ2) is 15.9. The van der Waals surface area contributed by atoms with Gasteiger partial charge in [-0.3, -0.25) is 9.13 Å². The number of ether oxygens (including phenoxy) is 2. The number of nitrogens with two attached hydrogens (primary N) is 2. The van der Waals surface area contributed by atoms with Crippen molar-refractivity contribution in [2.75, 3.05) is 36.3 Å². The van der Waals surface area contributed by atoms with Gasteiger partial charge in [0.25, 0.3) is 0 Å². The summed E-state index contributed by atoms with van der Waals surface area (Å²) in [5.74, 6) is -0.0714. The topological polar surface area (TPSA) is 182 Å². The quantitative estimate of drug-likeness (QED) is 0.107. The Balaban J connectivity index is 0.000000180. The molecule has 8 aromatic rings. The molecule has 0 unspecified atom stereocenters. The first-order valence-electron chi connectivity index (χ1n) is 17.3. The van der Waals surface area contributed by atoms with Crippen molar-refractivity contribution in [3.8, 4) is 23.4 Å². The maximum absolute atomic E-state index is 14.6. The molecule has 0 aliphatic heterocycles. The van der Waals surface area contributed by atoms with Crippen molar-refractivity contribution < 1.29 is 31.4 Å². The average molecular weight is 831 g/mol. The van der Waals surface area contributed by atoms with Gasteiger partial charge in [-0.15, -0.1) is 0 Å². The monoisotopic (exact) mass is 830 g/mol. The molecule has 0 spiro atoms. The van der Waals surface area contributed by atoms with E-state index in [1.54, 1.807) is 65.6 Å². The number of nitrogens with zero attached hydrogens (tertiary/aromatic N) is 8. The molecule has 0 aliphatic rings. The highest BCUT2D eigenvalue weighted by atomic mass is 35.5. The van der Waals surface area contributed by atoms with Crippen molar-refractivity contribution in [1.82, 2.24) is 39.0 Å². The van der Waals surface area contributed by atoms with Gasteiger partial charge in [-0.25, -0.2) is 9.97 Å². The lowest BCUT2D eigenvalue weighted by atomic mass is 10.2. The van der Waals surface area contributed by atoms with E-state index in [0.29, 0.717) is 44.9 Å². The highest BCUT2D eigenvalue weighted by Gasteiger charge is 2.30. The second-order valence-corrected chi connectivity index (χ2v) is 13.1. The number of nitrogens with one attached hydrogen (secondary N) is 2. The standard InChI is InChI=1S/C20H16F4N6O.C19H16ClFN6O/c1-10-26-14-8-7-13(31-2)9-15(14)30(10)19-28-17(25)16(21)18(29-19)27-12-5-3-11(4-6-12)20(22,23)24;1-10-23-14-8-7-13(28-2)9-15(14)27(10)19-25-17(22)16(21)18(26-19)24-12-5-3-11(20)4-6-12/h3-9H,1-2H3,(H3,25,27,28,29);3-9H,1-2H3,(H3,22,24,25,26). The highest BCUT2D eigenvalue weighted by Crippen LogP contribution is 2.32. The Morgan fingerprint density at radius 3 is 1.39 bits per heavy atom. The van der Waals surface area contributed by atoms with E-state index >= 15 is 0 Å². The largest absolute Gasteiger partial charge is 0.497 e. The Hall–Kier alpha value is -7.28. The first kappa shape index (κ1) is 39.9. The Kier molecular flexibility index (Phi) is 10.8. The SMILES string of the molecule is COc1ccc2nc(C)n(-c3nc(N)c(F)c(Nc4ccc(C(F)(F)F)cc4)n3)c2c1.COc1ccc2nc(C)n(-c3nc(N)c(F)c(Nc4ccc(Cl)cc4)n3)c2c1. The van der Waals surface area contributed by atoms with E-state index in [-0.39, 0.29) is 35.0 Å². The minimum absolute atomic E-state index is 0.0431. The molecule has 0 saturated carbocycles. The fourth-order valence-corrected chi connectivity index (χ4v) is 6.06. The summed E-state index contributed by atoms with van der Waals surface area (Å²) in [6.45, 7) is 3.53. The smallest absolute Gasteiger partial charge is 0.416 e. The number of imidazole rings is 2. The summed E-state index contributed by atoms with van der Waals surface area (Å²) in [5.41, 5.74) is 14.2. The van der Waals surface area contributed by atoms with Gasteiger partial charge in [0, 0.05) is 28.5 Å². The van der Waals surface area contributed by atoms with Crippen LogP contribution in [0.5, 0.6) is 11.5 Å². The summed E-state index contributed by atoms with van der Waals surface area (Å²) in [6, 6.07) is 21.6. The number of rotatable bonds is 8. The zero-order valence-electron chi connectivity index (χ0n) is 31.4. The van der Waals surface area contributed by atoms with E-state index in [0.717, 1.165) is 23.2 Å². The zero-order chi connectivity index (χ0) is 42.2. The molecule has 59 heavy (non-hydrogen) atoms. The molecule has 4 aromatic heterocycles. The normalized spacial score (nSPS) is 11.4. The van der Waals surface area contributed by atoms with Crippen LogP contribution >= 0.6 is 11.6 Å². The lowest BCUT2D eigenvalue weighted by molar-refractivity contribution is -0.137. The first-order chi connectivity index (χ1) is 28.1. The molecule has 0 fully saturated rings. The van der Waals surface area contributed by atoms with Gasteiger partial charge < -0.3 is 31.6 Å². The number of benzene rings is 4. The third-order valence-electron chi connectivity index (χ3n) is 8.77. The number of hydrogen-bond acceptors (Lipinski definition) is 12. The number of methoxy groups -OCH3 is 2. The molecular weight excluding hydrogens is 799 g/mol. The van der Waals surface area contributed by atoms with Crippen LogP contribution in [0.25, 0.3) is 34.0 Å². The molecule has 0 bridgehead atoms. The summed E-state index contributed by atoms with van der Waals surface area (Å²) < 4.78 is 81.2. The number of alkyl halides is 3. The lowest BCUT2D eigenvalue weighted by Crippen LogP contribution is -2.11. The van der Waals surface area contributed by atoms with Crippen LogP contribution in [0.4, 0.5) is 56.6 Å². The van der Waals surface area contributed by atoms with Gasteiger partial charge in [0.15, 0.2) is 23.3 Å². The molecule has 0 atom stereocenters. The van der Waals surface area contributed by atoms with E-state index in [9.17, 15) is 22.0 Å². The third-order valence-corrected chi connectivity index (χ3v) is 9.02. The van der Waals surface area contributed by atoms with Crippen LogP contribution in [-0.4, -0.2) is 53.3 Å². The van der Waals surface area contributed by atoms with E-state index in [1.165, 1.54) is 19.2 Å². The fourth-order valence-electron chi connectivity index (χ4n) is 5.93. The number of aryl methyl sites for hydroxylation is 2. The number of aromatic nitrogens is 8. The molecule has 4 heterocycles. The molecule has 8 rings (SSSR count). The molecule has 20 heteroatoms. The minimum Gasteiger partial charge on any atom is -0.497 e. The first-order valence-corrected chi connectivity index (χ1v) is 17.7. The van der Waals surface area contributed by atoms with Crippen molar-refractivity contribution in [1.29, 1.82) is 0 Å². The maximum Gasteiger partial charge on any atom is 0.416 e. The number of nitrogen functional groups attached to an aromatic ring is 2. The Bertz CT molecular complexity index is 2830. The minimum atomic E-state index is -4.47. The van der Waals surface area contributed by atoms with Crippen LogP contribution in [0.2, 0.25) is 5.02 Å². The molecule has 302 valence electrons. The number of anilines is 6. The van der Waals surface area contributed by atoms with Crippen molar-refractivity contribution in [3.63, 3.8) is 0 Å². The molecular formula is C39H32ClF5N12O2. The van der Waals surface area contributed by atoms with Gasteiger partial charge in [-0.2, -0.15) is 41.9 Å². The Labute approximate surface area is 336 Å². The maximum atomic E-state index is 14.6. The van der Waals surface area contributed by atoms with Crippen LogP contribution in [0, 0.1) is 25.5 Å². The van der Waals surface area contributed by atoms with Crippen LogP contribution in [-0.2, 0) is 6.18 Å². The molecule has 0 amide bonds. The van der Waals surface area contributed by atoms with E-state index in [1.807, 2.05) is 25.1 Å². The van der Waals surface area contributed by atoms with Crippen LogP contribution in [0.3, 0.4) is 0 Å². The molecule has 0 saturated heterocycles. The number of halogens is 6. The Morgan fingerprint density at radius 1 is 0.593 bits per heavy atom. The van der Waals surface area contributed by atoms with Crippen molar-refractivity contribution in [3.05, 3.63) is 119 Å². The van der Waals surface area contributed by atoms with E-state index in [4.69, 9.17) is 32.5 Å². The number of fused-ring (bicyclic) bond motifs is 2. The predicted molar refractivity (Wildman–Crippen MR) is 214 cm³/mol. The number of hydrogen-bond donors (Lipinski definition) is 4. The Morgan fingerprint density at radius 2 is 1.00 bits per heavy atom. The third kappa shape index (κ3) is 8.26. The van der Waals surface area contributed by atoms with Gasteiger partial charge in [0.05, 0.1) is 41.8 Å². The van der Waals surface area contributed by atoms with Crippen molar-refractivity contribution in [2.45, 2.75) is 20.0 Å². The average Bonchev–Trinajstić information content (AvgIpc) is 3.72. The van der Waals surface area contributed by atoms with Crippen molar-refractivity contribution in [2.24, 2.45) is 0 Å². The zero-order valence-corrected chi connectivity index (χ0v) is 32.2. The van der Waals surface area contributed by atoms with Crippen LogP contribution < -0.4 is 31.6 Å². The highest BCUT2D eigenvalue weighted by molar-refractivity contribution is 6.30. The van der Waals surface area contributed by atoms with Gasteiger partial charge in [0.2, 0.25) is 23.5 Å². The summed E-state index contributed by atoms with van der Waals surface area (Å²) in [5, 5.41) is 6.13. The second-order valence-electron chi connectivity index (χ2n) is 12.7. The van der Waals surface area contributed by atoms with Crippen molar-refractivity contribution >= 4 is 68.3 Å². The summed E-state index contributed by atoms with van der Waals surface area (Å²) in [7, 11) is 3.10. The fraction of sp³-hybridized carbons (Fsp3) is 0.128. The molecule has 6 N–H and O–H groups in total. The molecule has 0 radical (unpaired) electrons. The molecule has 4 aromatic carbocycles. The molecule has 0 aliphatic carbocycles. The summed E-state index contributed by atoms with van der Waals surface area (Å²) >= 11 is 5.89. The summed E-state index contributed by atoms with van der Waals surface area (Å²) in [4.78, 5) is 25.6. The van der Waals surface area contributed by atoms with Gasteiger partial charge >= 0.3 is 6.18 Å². The van der Waals surface area contributed by atoms with E-state index in [2.05, 4.69) is 40.5 Å². The van der Waals surface area contributed by atoms with Gasteiger partial charge in [-0.05, 0) is 86.6 Å². The lowest BCUT2D eigenvalue weighted by Gasteiger charge is -2.13. The van der Waals surface area contributed by atoms with Crippen LogP contribution in [0.15, 0.2) is 84.9 Å². The van der Waals surface area contributed by atoms with E-state index < -0.39 is 29.2 Å². The predicted octanol–water partition coefficient (Wildman–Crippen LogP) is 8.87. The van der Waals surface area contributed by atoms with Gasteiger partial charge in [0.1, 0.15) is 23.1 Å². The van der Waals surface area contributed by atoms with Crippen LogP contribution in [0.1, 0.15) is 17.2 Å². The summed E-state index contributed by atoms with van der Waals surface area (Å²) in [6.07, 6.45) is -4.47. The molecule has 14 nitrogen and oxygen atoms in total.